The van der Waals surface area contributed by atoms with E-state index in [9.17, 15) is 10.4 Å². The molecule has 0 aromatic heterocycles. The van der Waals surface area contributed by atoms with Crippen LogP contribution in [0.5, 0.6) is 5.75 Å². The van der Waals surface area contributed by atoms with E-state index in [0.29, 0.717) is 12.3 Å². The maximum Gasteiger partial charge on any atom is 0.119 e. The topological polar surface area (TPSA) is 53.2 Å². The van der Waals surface area contributed by atoms with Gasteiger partial charge in [0.1, 0.15) is 5.75 Å². The molecule has 3 nitrogen and oxygen atoms in total. The van der Waals surface area contributed by atoms with Gasteiger partial charge in [0, 0.05) is 0 Å². The molecule has 1 aliphatic rings. The predicted molar refractivity (Wildman–Crippen MR) is 136 cm³/mol. The highest BCUT2D eigenvalue weighted by Crippen LogP contribution is 2.45. The van der Waals surface area contributed by atoms with E-state index in [4.69, 9.17) is 4.74 Å². The van der Waals surface area contributed by atoms with E-state index in [0.717, 1.165) is 44.5 Å². The monoisotopic (exact) mass is 447 g/mol. The summed E-state index contributed by atoms with van der Waals surface area (Å²) in [6.45, 7) is 4.84. The number of nitriles is 1. The van der Waals surface area contributed by atoms with Crippen molar-refractivity contribution in [3.8, 4) is 22.9 Å². The minimum absolute atomic E-state index is 0.344. The first-order valence-electron chi connectivity index (χ1n) is 13.0. The molecule has 1 saturated carbocycles. The zero-order valence-corrected chi connectivity index (χ0v) is 20.6. The second-order valence-electron chi connectivity index (χ2n) is 9.98. The zero-order valence-electron chi connectivity index (χ0n) is 20.6. The average molecular weight is 448 g/mol. The van der Waals surface area contributed by atoms with Gasteiger partial charge in [-0.3, -0.25) is 0 Å². The van der Waals surface area contributed by atoms with Crippen molar-refractivity contribution < 1.29 is 9.84 Å². The minimum Gasteiger partial charge on any atom is -0.494 e. The Hall–Kier alpha value is -2.31. The van der Waals surface area contributed by atoms with Crippen molar-refractivity contribution in [2.75, 3.05) is 6.61 Å². The molecule has 1 fully saturated rings. The van der Waals surface area contributed by atoms with Crippen LogP contribution in [0.3, 0.4) is 0 Å². The summed E-state index contributed by atoms with van der Waals surface area (Å²) in [4.78, 5) is 0. The van der Waals surface area contributed by atoms with E-state index in [1.807, 2.05) is 0 Å². The first-order valence-corrected chi connectivity index (χ1v) is 13.0. The molecular weight excluding hydrogens is 406 g/mol. The summed E-state index contributed by atoms with van der Waals surface area (Å²) in [6.07, 6.45) is 11.6. The molecule has 0 saturated heterocycles. The van der Waals surface area contributed by atoms with Crippen molar-refractivity contribution in [3.05, 3.63) is 54.1 Å². The zero-order chi connectivity index (χ0) is 23.5. The third-order valence-corrected chi connectivity index (χ3v) is 7.20. The first-order chi connectivity index (χ1) is 16.0. The number of hydrogen-bond donors (Lipinski definition) is 1. The number of benzene rings is 2. The maximum atomic E-state index is 9.77. The van der Waals surface area contributed by atoms with E-state index >= 15 is 0 Å². The summed E-state index contributed by atoms with van der Waals surface area (Å²) in [7, 11) is 0. The Balaban J connectivity index is 1.48. The fourth-order valence-electron chi connectivity index (χ4n) is 5.19. The van der Waals surface area contributed by atoms with Gasteiger partial charge in [-0.05, 0) is 80.2 Å². The predicted octanol–water partition coefficient (Wildman–Crippen LogP) is 8.03. The molecule has 0 heterocycles. The Morgan fingerprint density at radius 3 is 2.09 bits per heavy atom. The normalized spacial score (nSPS) is 21.3. The van der Waals surface area contributed by atoms with Gasteiger partial charge in [0.2, 0.25) is 0 Å². The van der Waals surface area contributed by atoms with Crippen LogP contribution in [0.1, 0.15) is 96.0 Å². The van der Waals surface area contributed by atoms with E-state index in [1.54, 1.807) is 6.92 Å². The molecule has 0 amide bonds. The summed E-state index contributed by atoms with van der Waals surface area (Å²) in [5, 5.41) is 19.4. The van der Waals surface area contributed by atoms with Crippen LogP contribution in [0.25, 0.3) is 11.1 Å². The first kappa shape index (κ1) is 25.3. The Bertz CT molecular complexity index is 856. The summed E-state index contributed by atoms with van der Waals surface area (Å²) in [5.41, 5.74) is 3.44. The number of aliphatic hydroxyl groups excluding tert-OH is 1. The van der Waals surface area contributed by atoms with Gasteiger partial charge in [-0.1, -0.05) is 75.4 Å². The van der Waals surface area contributed by atoms with Crippen LogP contribution >= 0.6 is 0 Å². The Morgan fingerprint density at radius 1 is 0.939 bits per heavy atom. The Kier molecular flexibility index (Phi) is 9.82. The highest BCUT2D eigenvalue weighted by molar-refractivity contribution is 5.64. The molecule has 2 aromatic rings. The average Bonchev–Trinajstić information content (AvgIpc) is 2.84. The molecular formula is C30H41NO2. The quantitative estimate of drug-likeness (QED) is 0.335. The van der Waals surface area contributed by atoms with Gasteiger partial charge in [-0.2, -0.15) is 5.26 Å². The number of unbranched alkanes of at least 4 members (excludes halogenated alkanes) is 5. The van der Waals surface area contributed by atoms with E-state index in [-0.39, 0.29) is 5.41 Å². The maximum absolute atomic E-state index is 9.77. The number of hydrogen-bond acceptors (Lipinski definition) is 3. The highest BCUT2D eigenvalue weighted by Gasteiger charge is 2.36. The molecule has 0 bridgehead atoms. The van der Waals surface area contributed by atoms with Crippen LogP contribution in [0.2, 0.25) is 0 Å². The fraction of sp³-hybridized carbons (Fsp3) is 0.567. The molecule has 0 aliphatic heterocycles. The largest absolute Gasteiger partial charge is 0.494 e. The van der Waals surface area contributed by atoms with Gasteiger partial charge in [0.25, 0.3) is 0 Å². The van der Waals surface area contributed by atoms with Gasteiger partial charge < -0.3 is 9.84 Å². The number of ether oxygens (including phenoxy) is 1. The van der Waals surface area contributed by atoms with Gasteiger partial charge in [-0.15, -0.1) is 0 Å². The molecule has 0 spiro atoms. The van der Waals surface area contributed by atoms with Crippen molar-refractivity contribution >= 4 is 0 Å². The van der Waals surface area contributed by atoms with Crippen LogP contribution in [0.4, 0.5) is 0 Å². The van der Waals surface area contributed by atoms with E-state index in [1.165, 1.54) is 48.8 Å². The summed E-state index contributed by atoms with van der Waals surface area (Å²) in [5.74, 6) is 1.46. The fourth-order valence-corrected chi connectivity index (χ4v) is 5.19. The van der Waals surface area contributed by atoms with Gasteiger partial charge in [0.05, 0.1) is 24.2 Å². The second kappa shape index (κ2) is 12.8. The molecule has 3 rings (SSSR count). The smallest absolute Gasteiger partial charge is 0.119 e. The highest BCUT2D eigenvalue weighted by atomic mass is 16.5. The van der Waals surface area contributed by atoms with Crippen LogP contribution < -0.4 is 4.74 Å². The lowest BCUT2D eigenvalue weighted by Crippen LogP contribution is -2.29. The third-order valence-electron chi connectivity index (χ3n) is 7.20. The molecule has 0 radical (unpaired) electrons. The van der Waals surface area contributed by atoms with Crippen LogP contribution in [-0.2, 0) is 0 Å². The van der Waals surface area contributed by atoms with Crippen molar-refractivity contribution in [2.24, 2.45) is 5.41 Å². The molecule has 1 atom stereocenters. The second-order valence-corrected chi connectivity index (χ2v) is 9.98. The van der Waals surface area contributed by atoms with Crippen molar-refractivity contribution in [2.45, 2.75) is 96.5 Å². The van der Waals surface area contributed by atoms with Crippen LogP contribution in [0, 0.1) is 16.7 Å². The van der Waals surface area contributed by atoms with Gasteiger partial charge in [0.15, 0.2) is 0 Å². The van der Waals surface area contributed by atoms with Crippen molar-refractivity contribution in [1.82, 2.24) is 0 Å². The van der Waals surface area contributed by atoms with Crippen molar-refractivity contribution in [1.29, 1.82) is 5.26 Å². The van der Waals surface area contributed by atoms with Crippen LogP contribution in [0.15, 0.2) is 48.5 Å². The summed E-state index contributed by atoms with van der Waals surface area (Å²) >= 11 is 0. The van der Waals surface area contributed by atoms with Gasteiger partial charge in [-0.25, -0.2) is 0 Å². The molecule has 3 heteroatoms. The number of aliphatic hydroxyl groups is 1. The molecule has 1 N–H and O–H groups in total. The third kappa shape index (κ3) is 7.61. The van der Waals surface area contributed by atoms with Crippen molar-refractivity contribution in [3.63, 3.8) is 0 Å². The standard InChI is InChI=1S/C30H41NO2/c1-3-4-5-6-7-8-21-33-29-15-13-27(14-16-29)25-9-11-26(12-10-25)28-17-19-30(23-31,20-18-28)22-24(2)32/h9-16,24,28,32H,3-8,17-22H2,1-2H3. The van der Waals surface area contributed by atoms with Gasteiger partial charge >= 0.3 is 0 Å². The molecule has 33 heavy (non-hydrogen) atoms. The SMILES string of the molecule is CCCCCCCCOc1ccc(-c2ccc(C3CCC(C#N)(CC(C)O)CC3)cc2)cc1. The summed E-state index contributed by atoms with van der Waals surface area (Å²) < 4.78 is 5.91. The Morgan fingerprint density at radius 2 is 1.52 bits per heavy atom. The minimum atomic E-state index is -0.409. The number of rotatable bonds is 12. The molecule has 1 aliphatic carbocycles. The lowest BCUT2D eigenvalue weighted by molar-refractivity contribution is 0.111. The summed E-state index contributed by atoms with van der Waals surface area (Å²) in [6, 6.07) is 19.9. The molecule has 1 unspecified atom stereocenters. The Labute approximate surface area is 200 Å². The van der Waals surface area contributed by atoms with E-state index in [2.05, 4.69) is 61.5 Å². The number of nitrogens with zero attached hydrogens (tertiary/aromatic N) is 1. The lowest BCUT2D eigenvalue weighted by Gasteiger charge is -2.36. The molecule has 178 valence electrons. The lowest BCUT2D eigenvalue weighted by atomic mass is 9.67. The van der Waals surface area contributed by atoms with Crippen LogP contribution in [-0.4, -0.2) is 17.8 Å². The molecule has 2 aromatic carbocycles. The van der Waals surface area contributed by atoms with E-state index < -0.39 is 6.10 Å².